The molecule has 1 atom stereocenters. The number of carbonyl (C=O) groups is 1. The number of benzene rings is 2. The van der Waals surface area contributed by atoms with Crippen molar-refractivity contribution in [1.82, 2.24) is 4.57 Å². The van der Waals surface area contributed by atoms with Crippen LogP contribution in [0.5, 0.6) is 0 Å². The molecule has 0 radical (unpaired) electrons. The van der Waals surface area contributed by atoms with Gasteiger partial charge in [0.25, 0.3) is 0 Å². The van der Waals surface area contributed by atoms with Gasteiger partial charge < -0.3 is 9.47 Å². The van der Waals surface area contributed by atoms with E-state index in [4.69, 9.17) is 16.6 Å². The molecule has 0 bridgehead atoms. The summed E-state index contributed by atoms with van der Waals surface area (Å²) in [5, 5.41) is 0.750. The lowest BCUT2D eigenvalue weighted by Gasteiger charge is -2.18. The Morgan fingerprint density at radius 3 is 2.65 bits per heavy atom. The summed E-state index contributed by atoms with van der Waals surface area (Å²) in [4.78, 5) is 20.0. The number of hydrogen-bond acceptors (Lipinski definition) is 2. The van der Waals surface area contributed by atoms with Crippen LogP contribution in [0.2, 0.25) is 5.02 Å². The predicted molar refractivity (Wildman–Crippen MR) is 143 cm³/mol. The molecular weight excluding hydrogens is 442 g/mol. The standard InChI is InChI=1S/C29H32ClN3O/c1-4-8-23(28-19-24(30)12-11-21(28)2)13-15-31-22(3)27-14-18-33(29(27)34)26-10-7-9-25(20-26)32-16-5-6-17-32/h5-12,16-17,19-20,27H,4,13-15,18H2,1-3H3. The second-order valence-electron chi connectivity index (χ2n) is 8.81. The third kappa shape index (κ3) is 5.34. The van der Waals surface area contributed by atoms with E-state index in [2.05, 4.69) is 42.7 Å². The number of aryl methyl sites for hydroxylation is 1. The van der Waals surface area contributed by atoms with Crippen LogP contribution in [0.25, 0.3) is 11.3 Å². The lowest BCUT2D eigenvalue weighted by molar-refractivity contribution is -0.118. The van der Waals surface area contributed by atoms with Crippen molar-refractivity contribution >= 4 is 34.5 Å². The Kier molecular flexibility index (Phi) is 7.69. The normalized spacial score (nSPS) is 17.0. The molecule has 0 spiro atoms. The number of aliphatic imine (C=N–C) groups is 1. The number of allylic oxidation sites excluding steroid dienone is 1. The van der Waals surface area contributed by atoms with Gasteiger partial charge in [-0.3, -0.25) is 9.79 Å². The number of nitrogens with zero attached hydrogens (tertiary/aromatic N) is 3. The lowest BCUT2D eigenvalue weighted by Crippen LogP contribution is -2.29. The summed E-state index contributed by atoms with van der Waals surface area (Å²) >= 11 is 6.25. The zero-order valence-corrected chi connectivity index (χ0v) is 20.9. The van der Waals surface area contributed by atoms with Gasteiger partial charge in [0.05, 0.1) is 5.92 Å². The number of carbonyl (C=O) groups excluding carboxylic acids is 1. The van der Waals surface area contributed by atoms with Crippen LogP contribution in [-0.4, -0.2) is 29.3 Å². The highest BCUT2D eigenvalue weighted by Gasteiger charge is 2.34. The first-order valence-electron chi connectivity index (χ1n) is 12.0. The molecule has 2 heterocycles. The SMILES string of the molecule is CCC=C(CCN=C(C)C1CCN(c2cccc(-n3cccc3)c2)C1=O)c1cc(Cl)ccc1C. The van der Waals surface area contributed by atoms with Crippen molar-refractivity contribution in [1.29, 1.82) is 0 Å². The third-order valence-corrected chi connectivity index (χ3v) is 6.73. The van der Waals surface area contributed by atoms with Crippen LogP contribution in [0.4, 0.5) is 5.69 Å². The van der Waals surface area contributed by atoms with E-state index in [0.29, 0.717) is 13.1 Å². The first-order valence-corrected chi connectivity index (χ1v) is 12.4. The van der Waals surface area contributed by atoms with Crippen LogP contribution in [0.15, 0.2) is 78.1 Å². The molecule has 34 heavy (non-hydrogen) atoms. The molecule has 3 aromatic rings. The largest absolute Gasteiger partial charge is 0.324 e. The van der Waals surface area contributed by atoms with E-state index >= 15 is 0 Å². The summed E-state index contributed by atoms with van der Waals surface area (Å²) in [7, 11) is 0. The topological polar surface area (TPSA) is 37.6 Å². The van der Waals surface area contributed by atoms with Crippen LogP contribution < -0.4 is 4.90 Å². The molecule has 0 saturated carbocycles. The Bertz CT molecular complexity index is 1210. The fourth-order valence-electron chi connectivity index (χ4n) is 4.65. The van der Waals surface area contributed by atoms with Gasteiger partial charge in [-0.1, -0.05) is 36.7 Å². The summed E-state index contributed by atoms with van der Waals surface area (Å²) in [6.45, 7) is 7.63. The van der Waals surface area contributed by atoms with Gasteiger partial charge in [0, 0.05) is 47.6 Å². The van der Waals surface area contributed by atoms with Crippen LogP contribution in [-0.2, 0) is 4.79 Å². The Balaban J connectivity index is 1.43. The minimum atomic E-state index is -0.151. The first kappa shape index (κ1) is 24.0. The van der Waals surface area contributed by atoms with E-state index in [1.54, 1.807) is 0 Å². The average molecular weight is 474 g/mol. The fraction of sp³-hybridized carbons (Fsp3) is 0.310. The molecule has 0 N–H and O–H groups in total. The number of aromatic nitrogens is 1. The van der Waals surface area contributed by atoms with Crippen molar-refractivity contribution in [2.75, 3.05) is 18.0 Å². The van der Waals surface area contributed by atoms with Gasteiger partial charge in [-0.25, -0.2) is 0 Å². The van der Waals surface area contributed by atoms with Gasteiger partial charge in [0.1, 0.15) is 0 Å². The Hall–Kier alpha value is -3.11. The highest BCUT2D eigenvalue weighted by molar-refractivity contribution is 6.30. The number of anilines is 1. The number of rotatable bonds is 8. The molecule has 1 unspecified atom stereocenters. The monoisotopic (exact) mass is 473 g/mol. The molecule has 1 amide bonds. The quantitative estimate of drug-likeness (QED) is 0.320. The molecule has 0 aliphatic carbocycles. The maximum Gasteiger partial charge on any atom is 0.235 e. The maximum absolute atomic E-state index is 13.3. The molecule has 1 aliphatic heterocycles. The smallest absolute Gasteiger partial charge is 0.235 e. The molecule has 5 heteroatoms. The zero-order valence-electron chi connectivity index (χ0n) is 20.2. The van der Waals surface area contributed by atoms with Gasteiger partial charge in [0.2, 0.25) is 5.91 Å². The molecule has 4 nitrogen and oxygen atoms in total. The van der Waals surface area contributed by atoms with Gasteiger partial charge in [-0.2, -0.15) is 0 Å². The van der Waals surface area contributed by atoms with Crippen LogP contribution in [0.1, 0.15) is 44.2 Å². The molecule has 1 fully saturated rings. The first-order chi connectivity index (χ1) is 16.5. The minimum absolute atomic E-state index is 0.140. The van der Waals surface area contributed by atoms with Crippen molar-refractivity contribution in [3.63, 3.8) is 0 Å². The number of hydrogen-bond donors (Lipinski definition) is 0. The molecule has 1 aromatic heterocycles. The maximum atomic E-state index is 13.3. The zero-order chi connectivity index (χ0) is 24.1. The summed E-state index contributed by atoms with van der Waals surface area (Å²) in [5.41, 5.74) is 6.58. The summed E-state index contributed by atoms with van der Waals surface area (Å²) in [5.74, 6) is -0.0114. The van der Waals surface area contributed by atoms with Crippen molar-refractivity contribution in [3.8, 4) is 5.69 Å². The molecule has 4 rings (SSSR count). The highest BCUT2D eigenvalue weighted by atomic mass is 35.5. The van der Waals surface area contributed by atoms with Crippen LogP contribution in [0.3, 0.4) is 0 Å². The highest BCUT2D eigenvalue weighted by Crippen LogP contribution is 2.29. The summed E-state index contributed by atoms with van der Waals surface area (Å²) in [6.07, 6.45) is 8.86. The Morgan fingerprint density at radius 2 is 1.88 bits per heavy atom. The van der Waals surface area contributed by atoms with Crippen molar-refractivity contribution in [3.05, 3.63) is 89.2 Å². The second kappa shape index (κ2) is 10.9. The number of halogens is 1. The van der Waals surface area contributed by atoms with Crippen molar-refractivity contribution < 1.29 is 4.79 Å². The molecule has 2 aromatic carbocycles. The number of amides is 1. The summed E-state index contributed by atoms with van der Waals surface area (Å²) < 4.78 is 2.05. The van der Waals surface area contributed by atoms with Gasteiger partial charge in [0.15, 0.2) is 0 Å². The van der Waals surface area contributed by atoms with Crippen LogP contribution in [0, 0.1) is 12.8 Å². The van der Waals surface area contributed by atoms with E-state index in [-0.39, 0.29) is 11.8 Å². The van der Waals surface area contributed by atoms with E-state index in [0.717, 1.165) is 41.4 Å². The van der Waals surface area contributed by atoms with Gasteiger partial charge in [-0.05, 0) is 92.3 Å². The predicted octanol–water partition coefficient (Wildman–Crippen LogP) is 7.14. The van der Waals surface area contributed by atoms with E-state index in [1.165, 1.54) is 16.7 Å². The van der Waals surface area contributed by atoms with E-state index in [9.17, 15) is 4.79 Å². The van der Waals surface area contributed by atoms with Crippen molar-refractivity contribution in [2.45, 2.75) is 40.0 Å². The molecule has 176 valence electrons. The summed E-state index contributed by atoms with van der Waals surface area (Å²) in [6, 6.07) is 18.2. The van der Waals surface area contributed by atoms with E-state index < -0.39 is 0 Å². The Morgan fingerprint density at radius 1 is 1.12 bits per heavy atom. The molecule has 1 aliphatic rings. The lowest BCUT2D eigenvalue weighted by atomic mass is 9.97. The second-order valence-corrected chi connectivity index (χ2v) is 9.25. The average Bonchev–Trinajstić information content (AvgIpc) is 3.50. The minimum Gasteiger partial charge on any atom is -0.324 e. The Labute approximate surface area is 207 Å². The third-order valence-electron chi connectivity index (χ3n) is 6.49. The van der Waals surface area contributed by atoms with Gasteiger partial charge in [-0.15, -0.1) is 0 Å². The van der Waals surface area contributed by atoms with Gasteiger partial charge >= 0.3 is 0 Å². The van der Waals surface area contributed by atoms with Crippen LogP contribution >= 0.6 is 11.6 Å². The fourth-order valence-corrected chi connectivity index (χ4v) is 4.82. The molecular formula is C29H32ClN3O. The molecule has 1 saturated heterocycles. The van der Waals surface area contributed by atoms with E-state index in [1.807, 2.05) is 60.6 Å². The van der Waals surface area contributed by atoms with Crippen molar-refractivity contribution in [2.24, 2.45) is 10.9 Å².